The lowest BCUT2D eigenvalue weighted by Gasteiger charge is -1.95. The van der Waals surface area contributed by atoms with E-state index in [1.165, 1.54) is 26.5 Å². The Balaban J connectivity index is 2.43. The van der Waals surface area contributed by atoms with Crippen molar-refractivity contribution in [1.82, 2.24) is 0 Å². The monoisotopic (exact) mass is 151 g/mol. The SMILES string of the molecule is CCC[P]c1ccccc1. The molecule has 0 N–H and O–H groups in total. The Labute approximate surface area is 64.4 Å². The first kappa shape index (κ1) is 7.75. The van der Waals surface area contributed by atoms with Crippen LogP contribution in [0.15, 0.2) is 30.3 Å². The van der Waals surface area contributed by atoms with Crippen LogP contribution in [0.3, 0.4) is 0 Å². The van der Waals surface area contributed by atoms with Gasteiger partial charge in [-0.3, -0.25) is 0 Å². The molecule has 0 aromatic heterocycles. The maximum atomic E-state index is 2.22. The number of benzene rings is 1. The third-order valence-electron chi connectivity index (χ3n) is 1.27. The molecular weight excluding hydrogens is 139 g/mol. The van der Waals surface area contributed by atoms with Gasteiger partial charge < -0.3 is 0 Å². The molecule has 0 aliphatic rings. The topological polar surface area (TPSA) is 0 Å². The molecule has 1 aromatic carbocycles. The third-order valence-corrected chi connectivity index (χ3v) is 2.61. The van der Waals surface area contributed by atoms with E-state index in [0.29, 0.717) is 0 Å². The van der Waals surface area contributed by atoms with Crippen LogP contribution in [-0.2, 0) is 0 Å². The number of hydrogen-bond acceptors (Lipinski definition) is 0. The molecule has 1 rings (SSSR count). The van der Waals surface area contributed by atoms with E-state index >= 15 is 0 Å². The molecule has 0 atom stereocenters. The first-order chi connectivity index (χ1) is 4.93. The third kappa shape index (κ3) is 2.49. The van der Waals surface area contributed by atoms with Gasteiger partial charge in [0.1, 0.15) is 0 Å². The number of rotatable bonds is 3. The molecule has 0 heterocycles. The Morgan fingerprint density at radius 1 is 1.20 bits per heavy atom. The molecule has 53 valence electrons. The van der Waals surface area contributed by atoms with Crippen molar-refractivity contribution in [2.75, 3.05) is 6.16 Å². The molecule has 0 fully saturated rings. The first-order valence-electron chi connectivity index (χ1n) is 3.66. The highest BCUT2D eigenvalue weighted by atomic mass is 31.1. The quantitative estimate of drug-likeness (QED) is 0.582. The van der Waals surface area contributed by atoms with Gasteiger partial charge >= 0.3 is 0 Å². The maximum Gasteiger partial charge on any atom is -0.0193 e. The smallest absolute Gasteiger partial charge is 0.0193 e. The second kappa shape index (κ2) is 4.46. The van der Waals surface area contributed by atoms with Crippen LogP contribution < -0.4 is 5.30 Å². The lowest BCUT2D eigenvalue weighted by Crippen LogP contribution is -1.91. The summed E-state index contributed by atoms with van der Waals surface area (Å²) in [5.74, 6) is 0. The molecule has 1 aromatic rings. The highest BCUT2D eigenvalue weighted by Gasteiger charge is 1.88. The summed E-state index contributed by atoms with van der Waals surface area (Å²) in [4.78, 5) is 0. The largest absolute Gasteiger partial charge is 0.0650 e. The average molecular weight is 151 g/mol. The van der Waals surface area contributed by atoms with E-state index in [2.05, 4.69) is 37.3 Å². The highest BCUT2D eigenvalue weighted by Crippen LogP contribution is 2.09. The van der Waals surface area contributed by atoms with E-state index < -0.39 is 0 Å². The normalized spacial score (nSPS) is 10.9. The molecule has 0 aliphatic carbocycles. The highest BCUT2D eigenvalue weighted by molar-refractivity contribution is 7.47. The van der Waals surface area contributed by atoms with Crippen molar-refractivity contribution in [1.29, 1.82) is 0 Å². The summed E-state index contributed by atoms with van der Waals surface area (Å²) >= 11 is 0. The molecule has 0 saturated heterocycles. The van der Waals surface area contributed by atoms with Crippen molar-refractivity contribution in [2.24, 2.45) is 0 Å². The van der Waals surface area contributed by atoms with E-state index in [1.807, 2.05) is 0 Å². The van der Waals surface area contributed by atoms with Crippen molar-refractivity contribution < 1.29 is 0 Å². The molecule has 0 amide bonds. The zero-order valence-electron chi connectivity index (χ0n) is 6.25. The second-order valence-electron chi connectivity index (χ2n) is 2.22. The molecule has 1 heteroatoms. The Morgan fingerprint density at radius 3 is 2.50 bits per heavy atom. The molecule has 0 aliphatic heterocycles. The van der Waals surface area contributed by atoms with Crippen LogP contribution in [0.25, 0.3) is 0 Å². The predicted octanol–water partition coefficient (Wildman–Crippen LogP) is 2.67. The minimum absolute atomic E-state index is 1.27. The Bertz CT molecular complexity index is 169. The molecule has 0 unspecified atom stereocenters. The van der Waals surface area contributed by atoms with Gasteiger partial charge in [-0.25, -0.2) is 0 Å². The van der Waals surface area contributed by atoms with Crippen LogP contribution in [0.2, 0.25) is 0 Å². The summed E-state index contributed by atoms with van der Waals surface area (Å²) in [6, 6.07) is 10.6. The maximum absolute atomic E-state index is 2.22. The predicted molar refractivity (Wildman–Crippen MR) is 48.2 cm³/mol. The van der Waals surface area contributed by atoms with Gasteiger partial charge in [-0.15, -0.1) is 0 Å². The van der Waals surface area contributed by atoms with Crippen molar-refractivity contribution in [3.8, 4) is 0 Å². The van der Waals surface area contributed by atoms with E-state index in [0.717, 1.165) is 0 Å². The molecule has 0 spiro atoms. The minimum atomic E-state index is 1.27. The Morgan fingerprint density at radius 2 is 1.90 bits per heavy atom. The van der Waals surface area contributed by atoms with E-state index in [1.54, 1.807) is 0 Å². The summed E-state index contributed by atoms with van der Waals surface area (Å²) in [7, 11) is 1.46. The summed E-state index contributed by atoms with van der Waals surface area (Å²) < 4.78 is 0. The van der Waals surface area contributed by atoms with Crippen LogP contribution in [0.4, 0.5) is 0 Å². The molecular formula is C9H12P. The lowest BCUT2D eigenvalue weighted by atomic mass is 10.4. The summed E-state index contributed by atoms with van der Waals surface area (Å²) in [6.07, 6.45) is 2.56. The summed E-state index contributed by atoms with van der Waals surface area (Å²) in [5, 5.41) is 1.43. The second-order valence-corrected chi connectivity index (χ2v) is 3.50. The van der Waals surface area contributed by atoms with E-state index in [-0.39, 0.29) is 0 Å². The first-order valence-corrected chi connectivity index (χ1v) is 4.74. The van der Waals surface area contributed by atoms with Crippen molar-refractivity contribution in [3.63, 3.8) is 0 Å². The van der Waals surface area contributed by atoms with E-state index in [4.69, 9.17) is 0 Å². The summed E-state index contributed by atoms with van der Waals surface area (Å²) in [6.45, 7) is 2.22. The minimum Gasteiger partial charge on any atom is -0.0650 e. The van der Waals surface area contributed by atoms with Gasteiger partial charge in [-0.2, -0.15) is 0 Å². The van der Waals surface area contributed by atoms with Gasteiger partial charge in [0.05, 0.1) is 0 Å². The number of hydrogen-bond donors (Lipinski definition) is 0. The lowest BCUT2D eigenvalue weighted by molar-refractivity contribution is 1.10. The van der Waals surface area contributed by atoms with Gasteiger partial charge in [0.2, 0.25) is 0 Å². The fourth-order valence-electron chi connectivity index (χ4n) is 0.774. The van der Waals surface area contributed by atoms with Gasteiger partial charge in [0.25, 0.3) is 0 Å². The Kier molecular flexibility index (Phi) is 3.46. The van der Waals surface area contributed by atoms with Crippen LogP contribution in [-0.4, -0.2) is 6.16 Å². The molecule has 10 heavy (non-hydrogen) atoms. The van der Waals surface area contributed by atoms with E-state index in [9.17, 15) is 0 Å². The van der Waals surface area contributed by atoms with Crippen molar-refractivity contribution in [3.05, 3.63) is 30.3 Å². The van der Waals surface area contributed by atoms with Gasteiger partial charge in [0.15, 0.2) is 0 Å². The Hall–Kier alpha value is -0.350. The van der Waals surface area contributed by atoms with Crippen LogP contribution >= 0.6 is 8.58 Å². The van der Waals surface area contributed by atoms with Crippen LogP contribution in [0.1, 0.15) is 13.3 Å². The van der Waals surface area contributed by atoms with Crippen LogP contribution in [0, 0.1) is 0 Å². The molecule has 0 nitrogen and oxygen atoms in total. The fourth-order valence-corrected chi connectivity index (χ4v) is 1.64. The zero-order chi connectivity index (χ0) is 7.23. The summed E-state index contributed by atoms with van der Waals surface area (Å²) in [5.41, 5.74) is 0. The van der Waals surface area contributed by atoms with Gasteiger partial charge in [-0.05, 0) is 20.0 Å². The van der Waals surface area contributed by atoms with Crippen LogP contribution in [0.5, 0.6) is 0 Å². The van der Waals surface area contributed by atoms with Crippen molar-refractivity contribution >= 4 is 13.9 Å². The van der Waals surface area contributed by atoms with Gasteiger partial charge in [-0.1, -0.05) is 43.7 Å². The fraction of sp³-hybridized carbons (Fsp3) is 0.333. The van der Waals surface area contributed by atoms with Gasteiger partial charge in [0, 0.05) is 0 Å². The van der Waals surface area contributed by atoms with Crippen molar-refractivity contribution in [2.45, 2.75) is 13.3 Å². The molecule has 1 radical (unpaired) electrons. The standard InChI is InChI=1S/C9H12P/c1-2-8-10-9-6-4-3-5-7-9/h3-7H,2,8H2,1H3. The molecule has 0 bridgehead atoms. The average Bonchev–Trinajstić information content (AvgIpc) is 2.03. The molecule has 0 saturated carbocycles. The zero-order valence-corrected chi connectivity index (χ0v) is 7.14.